The average molecular weight is 706 g/mol. The van der Waals surface area contributed by atoms with Crippen molar-refractivity contribution in [1.82, 2.24) is 0 Å². The van der Waals surface area contributed by atoms with E-state index in [0.717, 1.165) is 39.0 Å². The van der Waals surface area contributed by atoms with Gasteiger partial charge in [-0.1, -0.05) is 141 Å². The monoisotopic (exact) mass is 705 g/mol. The van der Waals surface area contributed by atoms with Crippen molar-refractivity contribution in [1.29, 1.82) is 0 Å². The van der Waals surface area contributed by atoms with Gasteiger partial charge in [-0.3, -0.25) is 0 Å². The van der Waals surface area contributed by atoms with Crippen LogP contribution in [0.2, 0.25) is 0 Å². The summed E-state index contributed by atoms with van der Waals surface area (Å²) in [5, 5.41) is 2.28. The Morgan fingerprint density at radius 1 is 0.382 bits per heavy atom. The molecule has 2 aliphatic carbocycles. The third kappa shape index (κ3) is 4.55. The number of hydrogen-bond acceptors (Lipinski definition) is 2. The molecule has 1 aromatic heterocycles. The molecule has 2 heteroatoms. The van der Waals surface area contributed by atoms with Gasteiger partial charge in [0.1, 0.15) is 11.2 Å². The highest BCUT2D eigenvalue weighted by atomic mass is 16.3. The molecule has 2 nitrogen and oxygen atoms in total. The first-order chi connectivity index (χ1) is 26.9. The first-order valence-electron chi connectivity index (χ1n) is 19.3. The van der Waals surface area contributed by atoms with Gasteiger partial charge in [0.2, 0.25) is 0 Å². The Balaban J connectivity index is 1.07. The molecule has 0 aliphatic heterocycles. The summed E-state index contributed by atoms with van der Waals surface area (Å²) in [6.45, 7) is 7.07. The summed E-state index contributed by atoms with van der Waals surface area (Å²) >= 11 is 0. The van der Waals surface area contributed by atoms with Crippen molar-refractivity contribution in [2.75, 3.05) is 4.90 Å². The van der Waals surface area contributed by atoms with Crippen molar-refractivity contribution < 1.29 is 4.42 Å². The summed E-state index contributed by atoms with van der Waals surface area (Å²) in [6.07, 6.45) is 0. The number of furan rings is 1. The van der Waals surface area contributed by atoms with E-state index in [2.05, 4.69) is 208 Å². The molecule has 55 heavy (non-hydrogen) atoms. The highest BCUT2D eigenvalue weighted by molar-refractivity contribution is 6.08. The summed E-state index contributed by atoms with van der Waals surface area (Å²) in [4.78, 5) is 2.38. The second-order valence-corrected chi connectivity index (χ2v) is 15.8. The molecule has 0 saturated carbocycles. The van der Waals surface area contributed by atoms with Crippen molar-refractivity contribution in [2.45, 2.75) is 31.6 Å². The van der Waals surface area contributed by atoms with E-state index in [9.17, 15) is 0 Å². The smallest absolute Gasteiger partial charge is 0.139 e. The molecule has 0 fully saturated rings. The molecule has 0 N–H and O–H groups in total. The lowest BCUT2D eigenvalue weighted by molar-refractivity contribution is 0.638. The Bertz CT molecular complexity index is 2920. The number of benzene rings is 8. The van der Waals surface area contributed by atoms with E-state index in [-0.39, 0.29) is 5.41 Å². The highest BCUT2D eigenvalue weighted by Gasteiger charge is 2.43. The van der Waals surface area contributed by atoms with E-state index in [1.807, 2.05) is 0 Å². The van der Waals surface area contributed by atoms with Gasteiger partial charge in [-0.05, 0) is 117 Å². The maximum Gasteiger partial charge on any atom is 0.139 e. The van der Waals surface area contributed by atoms with Gasteiger partial charge in [0, 0.05) is 44.2 Å². The largest absolute Gasteiger partial charge is 0.456 e. The molecular weight excluding hydrogens is 667 g/mol. The standard InChI is InChI=1S/C53H39NO/c1-52(2)45-21-11-7-17-39(45)42-30-29-38(33-48(42)52)54(36-15-5-4-6-16-36)37-27-25-34(26-28-37)35-31-44-43-20-10-14-24-50(43)55-51(44)49(32-35)53(3)46-22-12-8-18-40(46)41-19-9-13-23-47(41)53/h4-33H,1-3H3. The number of hydrogen-bond donors (Lipinski definition) is 0. The zero-order chi connectivity index (χ0) is 36.9. The molecule has 9 aromatic rings. The second kappa shape index (κ2) is 11.7. The van der Waals surface area contributed by atoms with Gasteiger partial charge < -0.3 is 9.32 Å². The molecule has 8 aromatic carbocycles. The molecule has 0 atom stereocenters. The Labute approximate surface area is 322 Å². The number of nitrogens with zero attached hydrogens (tertiary/aromatic N) is 1. The van der Waals surface area contributed by atoms with Crippen LogP contribution in [0.15, 0.2) is 186 Å². The molecule has 11 rings (SSSR count). The van der Waals surface area contributed by atoms with Crippen molar-refractivity contribution in [2.24, 2.45) is 0 Å². The second-order valence-electron chi connectivity index (χ2n) is 15.8. The van der Waals surface area contributed by atoms with E-state index in [4.69, 9.17) is 4.42 Å². The summed E-state index contributed by atoms with van der Waals surface area (Å²) in [7, 11) is 0. The van der Waals surface area contributed by atoms with E-state index in [1.165, 1.54) is 61.2 Å². The van der Waals surface area contributed by atoms with Crippen molar-refractivity contribution in [3.63, 3.8) is 0 Å². The van der Waals surface area contributed by atoms with Gasteiger partial charge in [-0.25, -0.2) is 0 Å². The molecule has 0 radical (unpaired) electrons. The molecule has 2 aliphatic rings. The fourth-order valence-corrected chi connectivity index (χ4v) is 9.77. The number of fused-ring (bicyclic) bond motifs is 9. The molecular formula is C53H39NO. The van der Waals surface area contributed by atoms with Crippen LogP contribution in [0.1, 0.15) is 48.6 Å². The number of rotatable bonds is 5. The Kier molecular flexibility index (Phi) is 6.76. The van der Waals surface area contributed by atoms with Crippen LogP contribution in [0, 0.1) is 0 Å². The lowest BCUT2D eigenvalue weighted by Gasteiger charge is -2.29. The third-order valence-electron chi connectivity index (χ3n) is 12.5. The average Bonchev–Trinajstić information content (AvgIpc) is 3.82. The van der Waals surface area contributed by atoms with Gasteiger partial charge in [-0.15, -0.1) is 0 Å². The van der Waals surface area contributed by atoms with E-state index < -0.39 is 5.41 Å². The van der Waals surface area contributed by atoms with Crippen molar-refractivity contribution in [3.8, 4) is 33.4 Å². The predicted molar refractivity (Wildman–Crippen MR) is 229 cm³/mol. The van der Waals surface area contributed by atoms with E-state index in [1.54, 1.807) is 0 Å². The van der Waals surface area contributed by atoms with Crippen LogP contribution in [0.5, 0.6) is 0 Å². The maximum atomic E-state index is 6.79. The van der Waals surface area contributed by atoms with Gasteiger partial charge >= 0.3 is 0 Å². The third-order valence-corrected chi connectivity index (χ3v) is 12.5. The summed E-state index contributed by atoms with van der Waals surface area (Å²) < 4.78 is 6.79. The van der Waals surface area contributed by atoms with E-state index >= 15 is 0 Å². The van der Waals surface area contributed by atoms with Crippen LogP contribution in [-0.4, -0.2) is 0 Å². The lowest BCUT2D eigenvalue weighted by Crippen LogP contribution is -2.22. The minimum Gasteiger partial charge on any atom is -0.456 e. The summed E-state index contributed by atoms with van der Waals surface area (Å²) in [5.41, 5.74) is 18.9. The topological polar surface area (TPSA) is 16.4 Å². The molecule has 0 saturated heterocycles. The van der Waals surface area contributed by atoms with Gasteiger partial charge in [0.05, 0.1) is 0 Å². The molecule has 262 valence electrons. The minimum absolute atomic E-state index is 0.0846. The lowest BCUT2D eigenvalue weighted by atomic mass is 9.73. The van der Waals surface area contributed by atoms with Crippen LogP contribution in [-0.2, 0) is 10.8 Å². The van der Waals surface area contributed by atoms with Gasteiger partial charge in [0.25, 0.3) is 0 Å². The molecule has 0 spiro atoms. The minimum atomic E-state index is -0.402. The molecule has 0 amide bonds. The van der Waals surface area contributed by atoms with Crippen molar-refractivity contribution >= 4 is 39.0 Å². The first kappa shape index (κ1) is 31.8. The normalized spacial score (nSPS) is 14.4. The maximum absolute atomic E-state index is 6.79. The van der Waals surface area contributed by atoms with Crippen LogP contribution in [0.3, 0.4) is 0 Å². The molecule has 0 unspecified atom stereocenters. The number of anilines is 3. The highest BCUT2D eigenvalue weighted by Crippen LogP contribution is 2.55. The Morgan fingerprint density at radius 3 is 1.64 bits per heavy atom. The summed E-state index contributed by atoms with van der Waals surface area (Å²) in [6, 6.07) is 66.6. The van der Waals surface area contributed by atoms with Gasteiger partial charge in [-0.2, -0.15) is 0 Å². The molecule has 1 heterocycles. The van der Waals surface area contributed by atoms with Crippen LogP contribution in [0.4, 0.5) is 17.1 Å². The van der Waals surface area contributed by atoms with Crippen LogP contribution < -0.4 is 4.90 Å². The zero-order valence-corrected chi connectivity index (χ0v) is 31.2. The van der Waals surface area contributed by atoms with E-state index in [0.29, 0.717) is 0 Å². The number of para-hydroxylation sites is 2. The quantitative estimate of drug-likeness (QED) is 0.177. The van der Waals surface area contributed by atoms with Crippen molar-refractivity contribution in [3.05, 3.63) is 210 Å². The molecule has 0 bridgehead atoms. The fourth-order valence-electron chi connectivity index (χ4n) is 9.77. The Hall–Kier alpha value is -6.64. The first-order valence-corrected chi connectivity index (χ1v) is 19.3. The SMILES string of the molecule is CC1(C)c2ccccc2-c2ccc(N(c3ccccc3)c3ccc(-c4cc(C5(C)c6ccccc6-c6ccccc65)c5oc6ccccc6c5c4)cc3)cc21. The fraction of sp³-hybridized carbons (Fsp3) is 0.0943. The van der Waals surface area contributed by atoms with Crippen LogP contribution in [0.25, 0.3) is 55.3 Å². The predicted octanol–water partition coefficient (Wildman–Crippen LogP) is 14.4. The Morgan fingerprint density at radius 2 is 0.927 bits per heavy atom. The zero-order valence-electron chi connectivity index (χ0n) is 31.2. The van der Waals surface area contributed by atoms with Gasteiger partial charge in [0.15, 0.2) is 0 Å². The summed E-state index contributed by atoms with van der Waals surface area (Å²) in [5.74, 6) is 0. The van der Waals surface area contributed by atoms with Crippen LogP contribution >= 0.6 is 0 Å².